The summed E-state index contributed by atoms with van der Waals surface area (Å²) < 4.78 is 22.2. The van der Waals surface area contributed by atoms with Crippen LogP contribution >= 0.6 is 0 Å². The molecule has 0 saturated heterocycles. The van der Waals surface area contributed by atoms with Crippen LogP contribution in [0, 0.1) is 12.7 Å². The topological polar surface area (TPSA) is 77.7 Å². The van der Waals surface area contributed by atoms with Crippen LogP contribution in [0.5, 0.6) is 5.75 Å². The minimum Gasteiger partial charge on any atom is -0.496 e. The number of aromatic nitrogens is 5. The quantitative estimate of drug-likeness (QED) is 0.578. The van der Waals surface area contributed by atoms with Crippen molar-refractivity contribution in [3.05, 3.63) is 82.5 Å². The van der Waals surface area contributed by atoms with Gasteiger partial charge in [0, 0.05) is 29.0 Å². The minimum atomic E-state index is -0.354. The Morgan fingerprint density at radius 1 is 1.21 bits per heavy atom. The van der Waals surface area contributed by atoms with Gasteiger partial charge in [-0.2, -0.15) is 14.9 Å². The van der Waals surface area contributed by atoms with Crippen molar-refractivity contribution in [2.24, 2.45) is 0 Å². The van der Waals surface area contributed by atoms with Crippen LogP contribution < -0.4 is 10.4 Å². The molecule has 0 unspecified atom stereocenters. The van der Waals surface area contributed by atoms with Gasteiger partial charge in [-0.1, -0.05) is 18.2 Å². The smallest absolute Gasteiger partial charge is 0.351 e. The number of aryl methyl sites for hydroxylation is 1. The lowest BCUT2D eigenvalue weighted by Gasteiger charge is -2.09. The molecule has 2 aromatic carbocycles. The zero-order valence-electron chi connectivity index (χ0n) is 15.4. The lowest BCUT2D eigenvalue weighted by atomic mass is 10.1. The van der Waals surface area contributed by atoms with Crippen LogP contribution in [-0.2, 0) is 6.54 Å². The number of hydrogen-bond donors (Lipinski definition) is 1. The van der Waals surface area contributed by atoms with Gasteiger partial charge < -0.3 is 4.74 Å². The van der Waals surface area contributed by atoms with Crippen molar-refractivity contribution in [2.75, 3.05) is 7.11 Å². The van der Waals surface area contributed by atoms with Gasteiger partial charge in [-0.05, 0) is 25.1 Å². The third-order valence-corrected chi connectivity index (χ3v) is 4.57. The molecule has 4 aromatic rings. The molecule has 0 saturated carbocycles. The molecule has 2 heterocycles. The lowest BCUT2D eigenvalue weighted by Crippen LogP contribution is -2.25. The number of halogens is 1. The standard InChI is InChI=1S/C20H18FN5O2/c1-13-24-26(20(27)25(13)12-14-5-3-4-6-18(14)21)16-7-8-17(19(9-16)28-2)15-10-22-23-11-15/h3-11H,12H2,1-2H3,(H,22,23). The Kier molecular flexibility index (Phi) is 4.52. The van der Waals surface area contributed by atoms with Crippen molar-refractivity contribution in [1.29, 1.82) is 0 Å². The maximum absolute atomic E-state index is 14.0. The van der Waals surface area contributed by atoms with E-state index in [9.17, 15) is 9.18 Å². The van der Waals surface area contributed by atoms with Gasteiger partial charge in [0.15, 0.2) is 0 Å². The Balaban J connectivity index is 1.74. The molecule has 1 N–H and O–H groups in total. The Morgan fingerprint density at radius 2 is 2.04 bits per heavy atom. The Bertz CT molecular complexity index is 1180. The number of hydrogen-bond acceptors (Lipinski definition) is 4. The van der Waals surface area contributed by atoms with Crippen LogP contribution in [0.15, 0.2) is 59.7 Å². The first-order chi connectivity index (χ1) is 13.6. The van der Waals surface area contributed by atoms with Crippen LogP contribution in [0.4, 0.5) is 4.39 Å². The number of benzene rings is 2. The van der Waals surface area contributed by atoms with Crippen LogP contribution in [0.3, 0.4) is 0 Å². The number of nitrogens with one attached hydrogen (secondary N) is 1. The summed E-state index contributed by atoms with van der Waals surface area (Å²) >= 11 is 0. The minimum absolute atomic E-state index is 0.113. The summed E-state index contributed by atoms with van der Waals surface area (Å²) in [6, 6.07) is 11.8. The second kappa shape index (κ2) is 7.15. The molecule has 0 spiro atoms. The number of ether oxygens (including phenoxy) is 1. The van der Waals surface area contributed by atoms with Crippen LogP contribution in [-0.4, -0.2) is 31.7 Å². The van der Waals surface area contributed by atoms with Crippen molar-refractivity contribution in [3.63, 3.8) is 0 Å². The number of methoxy groups -OCH3 is 1. The summed E-state index contributed by atoms with van der Waals surface area (Å²) in [5, 5.41) is 11.1. The summed E-state index contributed by atoms with van der Waals surface area (Å²) in [6.45, 7) is 1.83. The molecule has 0 aliphatic rings. The van der Waals surface area contributed by atoms with E-state index in [4.69, 9.17) is 4.74 Å². The fourth-order valence-electron chi connectivity index (χ4n) is 3.09. The van der Waals surface area contributed by atoms with Gasteiger partial charge in [0.1, 0.15) is 17.4 Å². The summed E-state index contributed by atoms with van der Waals surface area (Å²) in [4.78, 5) is 12.9. The molecule has 0 aliphatic carbocycles. The first-order valence-electron chi connectivity index (χ1n) is 8.66. The Morgan fingerprint density at radius 3 is 2.75 bits per heavy atom. The summed E-state index contributed by atoms with van der Waals surface area (Å²) in [5.41, 5.74) is 2.36. The molecular formula is C20H18FN5O2. The van der Waals surface area contributed by atoms with Crippen molar-refractivity contribution in [1.82, 2.24) is 24.5 Å². The summed E-state index contributed by atoms with van der Waals surface area (Å²) in [5.74, 6) is 0.728. The highest BCUT2D eigenvalue weighted by Gasteiger charge is 2.15. The zero-order valence-corrected chi connectivity index (χ0v) is 15.4. The molecule has 0 amide bonds. The molecule has 0 bridgehead atoms. The summed E-state index contributed by atoms with van der Waals surface area (Å²) in [6.07, 6.45) is 3.45. The number of rotatable bonds is 5. The second-order valence-corrected chi connectivity index (χ2v) is 6.29. The maximum atomic E-state index is 14.0. The fraction of sp³-hybridized carbons (Fsp3) is 0.150. The van der Waals surface area contributed by atoms with Gasteiger partial charge in [-0.3, -0.25) is 9.67 Å². The fourth-order valence-corrected chi connectivity index (χ4v) is 3.09. The van der Waals surface area contributed by atoms with E-state index in [0.717, 1.165) is 11.1 Å². The molecule has 0 fully saturated rings. The van der Waals surface area contributed by atoms with Crippen molar-refractivity contribution < 1.29 is 9.13 Å². The highest BCUT2D eigenvalue weighted by Crippen LogP contribution is 2.30. The average molecular weight is 379 g/mol. The third kappa shape index (κ3) is 3.09. The van der Waals surface area contributed by atoms with E-state index in [1.165, 1.54) is 15.3 Å². The van der Waals surface area contributed by atoms with E-state index in [2.05, 4.69) is 15.3 Å². The second-order valence-electron chi connectivity index (χ2n) is 6.29. The largest absolute Gasteiger partial charge is 0.496 e. The van der Waals surface area contributed by atoms with Crippen LogP contribution in [0.2, 0.25) is 0 Å². The van der Waals surface area contributed by atoms with Gasteiger partial charge >= 0.3 is 5.69 Å². The molecule has 4 rings (SSSR count). The van der Waals surface area contributed by atoms with Gasteiger partial charge in [0.25, 0.3) is 0 Å². The monoisotopic (exact) mass is 379 g/mol. The van der Waals surface area contributed by atoms with E-state index in [0.29, 0.717) is 22.8 Å². The first-order valence-corrected chi connectivity index (χ1v) is 8.66. The van der Waals surface area contributed by atoms with E-state index in [1.807, 2.05) is 6.07 Å². The van der Waals surface area contributed by atoms with E-state index >= 15 is 0 Å². The zero-order chi connectivity index (χ0) is 19.7. The van der Waals surface area contributed by atoms with Crippen molar-refractivity contribution in [2.45, 2.75) is 13.5 Å². The predicted octanol–water partition coefficient (Wildman–Crippen LogP) is 2.93. The molecule has 142 valence electrons. The van der Waals surface area contributed by atoms with E-state index < -0.39 is 0 Å². The van der Waals surface area contributed by atoms with Gasteiger partial charge in [-0.25, -0.2) is 9.18 Å². The van der Waals surface area contributed by atoms with E-state index in [1.54, 1.807) is 56.8 Å². The lowest BCUT2D eigenvalue weighted by molar-refractivity contribution is 0.416. The third-order valence-electron chi connectivity index (χ3n) is 4.57. The Hall–Kier alpha value is -3.68. The SMILES string of the molecule is COc1cc(-n2nc(C)n(Cc3ccccc3F)c2=O)ccc1-c1cn[nH]c1. The van der Waals surface area contributed by atoms with Crippen molar-refractivity contribution in [3.8, 4) is 22.6 Å². The highest BCUT2D eigenvalue weighted by atomic mass is 19.1. The van der Waals surface area contributed by atoms with Crippen LogP contribution in [0.1, 0.15) is 11.4 Å². The number of H-pyrrole nitrogens is 1. The molecule has 0 radical (unpaired) electrons. The van der Waals surface area contributed by atoms with Gasteiger partial charge in [-0.15, -0.1) is 0 Å². The molecule has 8 heteroatoms. The summed E-state index contributed by atoms with van der Waals surface area (Å²) in [7, 11) is 1.56. The number of aromatic amines is 1. The molecule has 28 heavy (non-hydrogen) atoms. The Labute approximate surface area is 160 Å². The molecule has 7 nitrogen and oxygen atoms in total. The first kappa shape index (κ1) is 17.7. The molecule has 0 atom stereocenters. The van der Waals surface area contributed by atoms with E-state index in [-0.39, 0.29) is 18.1 Å². The van der Waals surface area contributed by atoms with Gasteiger partial charge in [0.05, 0.1) is 25.5 Å². The van der Waals surface area contributed by atoms with Gasteiger partial charge in [0.2, 0.25) is 0 Å². The average Bonchev–Trinajstić information content (AvgIpc) is 3.33. The number of nitrogens with zero attached hydrogens (tertiary/aromatic N) is 4. The molecule has 2 aromatic heterocycles. The maximum Gasteiger partial charge on any atom is 0.351 e. The normalized spacial score (nSPS) is 11.0. The molecule has 0 aliphatic heterocycles. The van der Waals surface area contributed by atoms with Crippen LogP contribution in [0.25, 0.3) is 16.8 Å². The molecular weight excluding hydrogens is 361 g/mol. The predicted molar refractivity (Wildman–Crippen MR) is 102 cm³/mol. The highest BCUT2D eigenvalue weighted by molar-refractivity contribution is 5.71. The van der Waals surface area contributed by atoms with Crippen molar-refractivity contribution >= 4 is 0 Å².